The molecule has 0 spiro atoms. The number of rotatable bonds is 6. The van der Waals surface area contributed by atoms with Gasteiger partial charge < -0.3 is 14.6 Å². The second kappa shape index (κ2) is 6.16. The molecule has 0 aromatic heterocycles. The number of ether oxygens (including phenoxy) is 2. The SMILES string of the molecule is COCC(=O)COc1ccc(CO)cc1. The highest BCUT2D eigenvalue weighted by Crippen LogP contribution is 2.11. The van der Waals surface area contributed by atoms with Crippen LogP contribution in [0.25, 0.3) is 0 Å². The average molecular weight is 210 g/mol. The summed E-state index contributed by atoms with van der Waals surface area (Å²) in [6.07, 6.45) is 0. The van der Waals surface area contributed by atoms with Crippen molar-refractivity contribution in [2.24, 2.45) is 0 Å². The lowest BCUT2D eigenvalue weighted by Gasteiger charge is -2.05. The minimum Gasteiger partial charge on any atom is -0.486 e. The zero-order valence-electron chi connectivity index (χ0n) is 8.60. The van der Waals surface area contributed by atoms with Gasteiger partial charge in [-0.15, -0.1) is 0 Å². The summed E-state index contributed by atoms with van der Waals surface area (Å²) in [5.74, 6) is 0.500. The normalized spacial score (nSPS) is 10.0. The minimum absolute atomic E-state index is 0.00286. The maximum Gasteiger partial charge on any atom is 0.195 e. The third-order valence-electron chi connectivity index (χ3n) is 1.81. The summed E-state index contributed by atoms with van der Waals surface area (Å²) in [5.41, 5.74) is 0.811. The van der Waals surface area contributed by atoms with Crippen LogP contribution < -0.4 is 4.74 Å². The molecule has 0 amide bonds. The van der Waals surface area contributed by atoms with Gasteiger partial charge in [-0.2, -0.15) is 0 Å². The number of ketones is 1. The van der Waals surface area contributed by atoms with Gasteiger partial charge in [0.05, 0.1) is 6.61 Å². The fourth-order valence-electron chi connectivity index (χ4n) is 1.06. The van der Waals surface area contributed by atoms with Crippen molar-refractivity contribution in [2.75, 3.05) is 20.3 Å². The van der Waals surface area contributed by atoms with Crippen LogP contribution in [-0.4, -0.2) is 31.2 Å². The molecular weight excluding hydrogens is 196 g/mol. The average Bonchev–Trinajstić information content (AvgIpc) is 2.27. The number of methoxy groups -OCH3 is 1. The fourth-order valence-corrected chi connectivity index (χ4v) is 1.06. The topological polar surface area (TPSA) is 55.8 Å². The molecule has 0 radical (unpaired) electrons. The molecule has 0 bridgehead atoms. The second-order valence-electron chi connectivity index (χ2n) is 3.06. The number of carbonyl (C=O) groups is 1. The largest absolute Gasteiger partial charge is 0.486 e. The first-order chi connectivity index (χ1) is 7.26. The van der Waals surface area contributed by atoms with Crippen molar-refractivity contribution < 1.29 is 19.4 Å². The standard InChI is InChI=1S/C11H14O4/c1-14-7-10(13)8-15-11-4-2-9(6-12)3-5-11/h2-5,12H,6-8H2,1H3. The van der Waals surface area contributed by atoms with Crippen molar-refractivity contribution in [2.45, 2.75) is 6.61 Å². The van der Waals surface area contributed by atoms with Gasteiger partial charge in [0.15, 0.2) is 5.78 Å². The van der Waals surface area contributed by atoms with E-state index < -0.39 is 0 Å². The van der Waals surface area contributed by atoms with Gasteiger partial charge in [0.25, 0.3) is 0 Å². The van der Waals surface area contributed by atoms with Crippen LogP contribution in [0.5, 0.6) is 5.75 Å². The molecule has 0 aliphatic heterocycles. The molecular formula is C11H14O4. The first kappa shape index (κ1) is 11.7. The molecule has 15 heavy (non-hydrogen) atoms. The van der Waals surface area contributed by atoms with Gasteiger partial charge in [0, 0.05) is 7.11 Å². The molecule has 0 heterocycles. The van der Waals surface area contributed by atoms with Crippen LogP contribution in [0.3, 0.4) is 0 Å². The summed E-state index contributed by atoms with van der Waals surface area (Å²) in [7, 11) is 1.47. The number of benzene rings is 1. The van der Waals surface area contributed by atoms with E-state index in [0.717, 1.165) is 5.56 Å². The molecule has 0 unspecified atom stereocenters. The number of aliphatic hydroxyl groups excluding tert-OH is 1. The number of hydrogen-bond acceptors (Lipinski definition) is 4. The Morgan fingerprint density at radius 3 is 2.47 bits per heavy atom. The number of hydrogen-bond donors (Lipinski definition) is 1. The highest BCUT2D eigenvalue weighted by molar-refractivity contribution is 5.81. The molecule has 0 aliphatic rings. The predicted octanol–water partition coefficient (Wildman–Crippen LogP) is 0.773. The zero-order valence-corrected chi connectivity index (χ0v) is 8.60. The first-order valence-corrected chi connectivity index (χ1v) is 4.59. The highest BCUT2D eigenvalue weighted by atomic mass is 16.5. The van der Waals surface area contributed by atoms with E-state index in [4.69, 9.17) is 9.84 Å². The van der Waals surface area contributed by atoms with Gasteiger partial charge >= 0.3 is 0 Å². The van der Waals surface area contributed by atoms with E-state index in [9.17, 15) is 4.79 Å². The van der Waals surface area contributed by atoms with E-state index in [1.807, 2.05) is 0 Å². The van der Waals surface area contributed by atoms with Crippen LogP contribution in [0, 0.1) is 0 Å². The summed E-state index contributed by atoms with van der Waals surface area (Å²) in [6.45, 7) is 0.0733. The number of Topliss-reactive ketones (excluding diaryl/α,β-unsaturated/α-hetero) is 1. The van der Waals surface area contributed by atoms with Crippen molar-refractivity contribution >= 4 is 5.78 Å². The van der Waals surface area contributed by atoms with E-state index in [-0.39, 0.29) is 25.6 Å². The Morgan fingerprint density at radius 1 is 1.27 bits per heavy atom. The molecule has 1 aromatic rings. The molecule has 4 heteroatoms. The van der Waals surface area contributed by atoms with E-state index >= 15 is 0 Å². The zero-order chi connectivity index (χ0) is 11.1. The van der Waals surface area contributed by atoms with Crippen molar-refractivity contribution in [3.05, 3.63) is 29.8 Å². The van der Waals surface area contributed by atoms with Gasteiger partial charge in [-0.1, -0.05) is 12.1 Å². The van der Waals surface area contributed by atoms with Gasteiger partial charge in [-0.3, -0.25) is 4.79 Å². The first-order valence-electron chi connectivity index (χ1n) is 4.59. The molecule has 1 N–H and O–H groups in total. The van der Waals surface area contributed by atoms with Crippen molar-refractivity contribution in [3.63, 3.8) is 0 Å². The predicted molar refractivity (Wildman–Crippen MR) is 54.7 cm³/mol. The van der Waals surface area contributed by atoms with Crippen molar-refractivity contribution in [3.8, 4) is 5.75 Å². The lowest BCUT2D eigenvalue weighted by molar-refractivity contribution is -0.124. The van der Waals surface area contributed by atoms with Crippen LogP contribution in [0.2, 0.25) is 0 Å². The van der Waals surface area contributed by atoms with Crippen LogP contribution in [0.4, 0.5) is 0 Å². The lowest BCUT2D eigenvalue weighted by atomic mass is 10.2. The minimum atomic E-state index is -0.108. The Balaban J connectivity index is 2.40. The maximum absolute atomic E-state index is 11.0. The van der Waals surface area contributed by atoms with E-state index in [1.165, 1.54) is 7.11 Å². The highest BCUT2D eigenvalue weighted by Gasteiger charge is 2.02. The van der Waals surface area contributed by atoms with Gasteiger partial charge in [0.1, 0.15) is 19.0 Å². The third kappa shape index (κ3) is 4.10. The van der Waals surface area contributed by atoms with Crippen LogP contribution in [0.15, 0.2) is 24.3 Å². The van der Waals surface area contributed by atoms with Crippen molar-refractivity contribution in [1.82, 2.24) is 0 Å². The quantitative estimate of drug-likeness (QED) is 0.753. The van der Waals surface area contributed by atoms with E-state index in [2.05, 4.69) is 4.74 Å². The summed E-state index contributed by atoms with van der Waals surface area (Å²) < 4.78 is 9.87. The Hall–Kier alpha value is -1.39. The summed E-state index contributed by atoms with van der Waals surface area (Å²) in [5, 5.41) is 8.81. The molecule has 4 nitrogen and oxygen atoms in total. The van der Waals surface area contributed by atoms with E-state index in [1.54, 1.807) is 24.3 Å². The van der Waals surface area contributed by atoms with Crippen molar-refractivity contribution in [1.29, 1.82) is 0 Å². The molecule has 0 saturated carbocycles. The van der Waals surface area contributed by atoms with Gasteiger partial charge in [-0.05, 0) is 17.7 Å². The Labute approximate surface area is 88.4 Å². The summed E-state index contributed by atoms with van der Waals surface area (Å²) in [4.78, 5) is 11.0. The number of aliphatic hydroxyl groups is 1. The molecule has 0 aliphatic carbocycles. The molecule has 0 saturated heterocycles. The molecule has 82 valence electrons. The molecule has 1 rings (SSSR count). The maximum atomic E-state index is 11.0. The summed E-state index contributed by atoms with van der Waals surface area (Å²) in [6, 6.07) is 6.92. The third-order valence-corrected chi connectivity index (χ3v) is 1.81. The van der Waals surface area contributed by atoms with Gasteiger partial charge in [-0.25, -0.2) is 0 Å². The monoisotopic (exact) mass is 210 g/mol. The number of carbonyl (C=O) groups excluding carboxylic acids is 1. The van der Waals surface area contributed by atoms with Crippen LogP contribution in [-0.2, 0) is 16.1 Å². The second-order valence-corrected chi connectivity index (χ2v) is 3.06. The summed E-state index contributed by atoms with van der Waals surface area (Å²) >= 11 is 0. The molecule has 0 atom stereocenters. The van der Waals surface area contributed by atoms with Crippen LogP contribution in [0.1, 0.15) is 5.56 Å². The Bertz CT molecular complexity index is 305. The lowest BCUT2D eigenvalue weighted by Crippen LogP contribution is -2.16. The Morgan fingerprint density at radius 2 is 1.93 bits per heavy atom. The molecule has 1 aromatic carbocycles. The molecule has 0 fully saturated rings. The van der Waals surface area contributed by atoms with Crippen LogP contribution >= 0.6 is 0 Å². The van der Waals surface area contributed by atoms with E-state index in [0.29, 0.717) is 5.75 Å². The fraction of sp³-hybridized carbons (Fsp3) is 0.364. The van der Waals surface area contributed by atoms with Gasteiger partial charge in [0.2, 0.25) is 0 Å². The Kier molecular flexibility index (Phi) is 4.80. The smallest absolute Gasteiger partial charge is 0.195 e.